The molecule has 2 amide bonds. The summed E-state index contributed by atoms with van der Waals surface area (Å²) in [6.45, 7) is 4.07. The van der Waals surface area contributed by atoms with E-state index in [9.17, 15) is 18.0 Å². The molecule has 1 aromatic rings. The van der Waals surface area contributed by atoms with Gasteiger partial charge in [0.05, 0.1) is 30.1 Å². The van der Waals surface area contributed by atoms with E-state index in [2.05, 4.69) is 15.6 Å². The Balaban J connectivity index is 1.59. The molecule has 1 aromatic heterocycles. The summed E-state index contributed by atoms with van der Waals surface area (Å²) in [7, 11) is -3.29. The number of piperazine rings is 1. The molecule has 3 rings (SSSR count). The highest BCUT2D eigenvalue weighted by molar-refractivity contribution is 7.89. The van der Waals surface area contributed by atoms with Gasteiger partial charge >= 0.3 is 0 Å². The van der Waals surface area contributed by atoms with Crippen molar-refractivity contribution in [2.45, 2.75) is 26.2 Å². The molecule has 9 nitrogen and oxygen atoms in total. The minimum absolute atomic E-state index is 0.0368. The molecule has 0 aliphatic carbocycles. The van der Waals surface area contributed by atoms with Crippen LogP contribution in [0.3, 0.4) is 0 Å². The summed E-state index contributed by atoms with van der Waals surface area (Å²) in [5, 5.41) is 5.60. The number of amides is 2. The van der Waals surface area contributed by atoms with Gasteiger partial charge in [-0.05, 0) is 31.4 Å². The first-order chi connectivity index (χ1) is 13.4. The van der Waals surface area contributed by atoms with Gasteiger partial charge in [-0.3, -0.25) is 9.59 Å². The monoisotopic (exact) mass is 409 g/mol. The fourth-order valence-corrected chi connectivity index (χ4v) is 5.11. The van der Waals surface area contributed by atoms with Gasteiger partial charge in [0, 0.05) is 26.2 Å². The lowest BCUT2D eigenvalue weighted by atomic mass is 9.99. The first-order valence-corrected chi connectivity index (χ1v) is 11.3. The van der Waals surface area contributed by atoms with Crippen molar-refractivity contribution in [3.8, 4) is 0 Å². The highest BCUT2D eigenvalue weighted by atomic mass is 32.2. The van der Waals surface area contributed by atoms with Crippen molar-refractivity contribution in [3.05, 3.63) is 18.3 Å². The molecule has 10 heteroatoms. The predicted octanol–water partition coefficient (Wildman–Crippen LogP) is 0.408. The van der Waals surface area contributed by atoms with Crippen LogP contribution in [0.15, 0.2) is 18.3 Å². The average molecular weight is 410 g/mol. The molecule has 2 aliphatic rings. The zero-order valence-corrected chi connectivity index (χ0v) is 16.9. The quantitative estimate of drug-likeness (QED) is 0.704. The number of carbonyl (C=O) groups is 2. The number of aromatic nitrogens is 1. The van der Waals surface area contributed by atoms with Crippen molar-refractivity contribution in [3.63, 3.8) is 0 Å². The third-order valence-electron chi connectivity index (χ3n) is 4.99. The second kappa shape index (κ2) is 8.87. The van der Waals surface area contributed by atoms with E-state index in [-0.39, 0.29) is 36.6 Å². The second-order valence-electron chi connectivity index (χ2n) is 7.18. The van der Waals surface area contributed by atoms with Crippen LogP contribution in [-0.4, -0.2) is 68.0 Å². The molecule has 28 heavy (non-hydrogen) atoms. The van der Waals surface area contributed by atoms with Gasteiger partial charge in [-0.25, -0.2) is 17.7 Å². The first-order valence-electron chi connectivity index (χ1n) is 9.65. The third-order valence-corrected chi connectivity index (χ3v) is 7.03. The van der Waals surface area contributed by atoms with Gasteiger partial charge in [-0.1, -0.05) is 6.92 Å². The molecule has 0 spiro atoms. The lowest BCUT2D eigenvalue weighted by Crippen LogP contribution is -2.48. The summed E-state index contributed by atoms with van der Waals surface area (Å²) < 4.78 is 26.0. The normalized spacial score (nSPS) is 21.2. The highest BCUT2D eigenvalue weighted by Gasteiger charge is 2.31. The largest absolute Gasteiger partial charge is 0.353 e. The molecule has 2 fully saturated rings. The van der Waals surface area contributed by atoms with Crippen molar-refractivity contribution in [1.82, 2.24) is 14.6 Å². The maximum Gasteiger partial charge on any atom is 0.239 e. The van der Waals surface area contributed by atoms with E-state index in [1.165, 1.54) is 4.31 Å². The van der Waals surface area contributed by atoms with Crippen LogP contribution in [0.1, 0.15) is 26.2 Å². The molecule has 1 unspecified atom stereocenters. The van der Waals surface area contributed by atoms with Gasteiger partial charge in [0.1, 0.15) is 5.82 Å². The first kappa shape index (κ1) is 20.5. The summed E-state index contributed by atoms with van der Waals surface area (Å²) in [6.07, 6.45) is 3.47. The van der Waals surface area contributed by atoms with Crippen LogP contribution in [-0.2, 0) is 19.6 Å². The predicted molar refractivity (Wildman–Crippen MR) is 106 cm³/mol. The Morgan fingerprint density at radius 2 is 2.18 bits per heavy atom. The van der Waals surface area contributed by atoms with Crippen molar-refractivity contribution >= 4 is 33.3 Å². The number of nitrogens with zero attached hydrogens (tertiary/aromatic N) is 3. The summed E-state index contributed by atoms with van der Waals surface area (Å²) in [5.41, 5.74) is 0.559. The maximum absolute atomic E-state index is 12.6. The Bertz CT molecular complexity index is 812. The van der Waals surface area contributed by atoms with E-state index in [1.807, 2.05) is 11.8 Å². The third kappa shape index (κ3) is 4.99. The molecule has 1 atom stereocenters. The van der Waals surface area contributed by atoms with Crippen LogP contribution in [0.25, 0.3) is 0 Å². The number of piperidine rings is 1. The molecular weight excluding hydrogens is 382 g/mol. The number of anilines is 2. The van der Waals surface area contributed by atoms with Crippen LogP contribution in [0.4, 0.5) is 11.5 Å². The summed E-state index contributed by atoms with van der Waals surface area (Å²) in [4.78, 5) is 30.3. The standard InChI is InChI=1S/C18H27N5O4S/c1-2-10-28(26,27)23-8-3-4-14(12-23)18(25)21-15-5-6-16(20-11-15)22-9-7-19-17(24)13-22/h5-6,11,14H,2-4,7-10,12-13H2,1H3,(H,19,24)(H,21,25). The van der Waals surface area contributed by atoms with Crippen molar-refractivity contribution in [2.75, 3.05) is 48.7 Å². The molecule has 154 valence electrons. The Morgan fingerprint density at radius 3 is 2.86 bits per heavy atom. The zero-order valence-electron chi connectivity index (χ0n) is 16.1. The van der Waals surface area contributed by atoms with E-state index in [0.29, 0.717) is 50.4 Å². The van der Waals surface area contributed by atoms with E-state index in [1.54, 1.807) is 18.3 Å². The Labute approximate surface area is 165 Å². The maximum atomic E-state index is 12.6. The minimum atomic E-state index is -3.29. The molecule has 2 saturated heterocycles. The van der Waals surface area contributed by atoms with Crippen LogP contribution >= 0.6 is 0 Å². The Kier molecular flexibility index (Phi) is 6.50. The molecule has 0 saturated carbocycles. The topological polar surface area (TPSA) is 112 Å². The van der Waals surface area contributed by atoms with E-state index in [0.717, 1.165) is 0 Å². The second-order valence-corrected chi connectivity index (χ2v) is 9.27. The summed E-state index contributed by atoms with van der Waals surface area (Å²) in [6, 6.07) is 3.52. The fraction of sp³-hybridized carbons (Fsp3) is 0.611. The van der Waals surface area contributed by atoms with Crippen molar-refractivity contribution < 1.29 is 18.0 Å². The smallest absolute Gasteiger partial charge is 0.239 e. The molecule has 0 aromatic carbocycles. The van der Waals surface area contributed by atoms with Gasteiger partial charge < -0.3 is 15.5 Å². The highest BCUT2D eigenvalue weighted by Crippen LogP contribution is 2.22. The number of pyridine rings is 1. The van der Waals surface area contributed by atoms with Crippen LogP contribution in [0.5, 0.6) is 0 Å². The Hall–Kier alpha value is -2.20. The number of hydrogen-bond acceptors (Lipinski definition) is 6. The number of rotatable bonds is 6. The van der Waals surface area contributed by atoms with Crippen molar-refractivity contribution in [2.24, 2.45) is 5.92 Å². The van der Waals surface area contributed by atoms with Crippen molar-refractivity contribution in [1.29, 1.82) is 0 Å². The number of carbonyl (C=O) groups excluding carboxylic acids is 2. The van der Waals surface area contributed by atoms with Gasteiger partial charge in [0.2, 0.25) is 21.8 Å². The van der Waals surface area contributed by atoms with Gasteiger partial charge in [0.15, 0.2) is 0 Å². The molecule has 2 N–H and O–H groups in total. The minimum Gasteiger partial charge on any atom is -0.353 e. The van der Waals surface area contributed by atoms with E-state index in [4.69, 9.17) is 0 Å². The Morgan fingerprint density at radius 1 is 1.36 bits per heavy atom. The lowest BCUT2D eigenvalue weighted by molar-refractivity contribution is -0.121. The average Bonchev–Trinajstić information content (AvgIpc) is 2.68. The molecule has 2 aliphatic heterocycles. The number of hydrogen-bond donors (Lipinski definition) is 2. The van der Waals surface area contributed by atoms with Crippen LogP contribution in [0, 0.1) is 5.92 Å². The van der Waals surface area contributed by atoms with Crippen LogP contribution in [0.2, 0.25) is 0 Å². The zero-order chi connectivity index (χ0) is 20.1. The van der Waals surface area contributed by atoms with Crippen LogP contribution < -0.4 is 15.5 Å². The summed E-state index contributed by atoms with van der Waals surface area (Å²) >= 11 is 0. The molecule has 0 radical (unpaired) electrons. The molecule has 3 heterocycles. The fourth-order valence-electron chi connectivity index (χ4n) is 3.52. The lowest BCUT2D eigenvalue weighted by Gasteiger charge is -2.31. The van der Waals surface area contributed by atoms with Gasteiger partial charge in [-0.2, -0.15) is 0 Å². The molecular formula is C18H27N5O4S. The van der Waals surface area contributed by atoms with E-state index < -0.39 is 10.0 Å². The summed E-state index contributed by atoms with van der Waals surface area (Å²) in [5.74, 6) is 0.197. The number of sulfonamides is 1. The van der Waals surface area contributed by atoms with Gasteiger partial charge in [0.25, 0.3) is 0 Å². The van der Waals surface area contributed by atoms with E-state index >= 15 is 0 Å². The number of nitrogens with one attached hydrogen (secondary N) is 2. The SMILES string of the molecule is CCCS(=O)(=O)N1CCCC(C(=O)Nc2ccc(N3CCNC(=O)C3)nc2)C1. The molecule has 0 bridgehead atoms. The van der Waals surface area contributed by atoms with Gasteiger partial charge in [-0.15, -0.1) is 0 Å².